The summed E-state index contributed by atoms with van der Waals surface area (Å²) >= 11 is 0. The highest BCUT2D eigenvalue weighted by atomic mass is 31.0. The summed E-state index contributed by atoms with van der Waals surface area (Å²) in [6, 6.07) is 0.809. The molecule has 1 aromatic rings. The Morgan fingerprint density at radius 2 is 0.688 bits per heavy atom. The highest BCUT2D eigenvalue weighted by Crippen LogP contribution is 2.64. The number of hydrogen-bond acceptors (Lipinski definition) is 0. The highest BCUT2D eigenvalue weighted by molar-refractivity contribution is 7.27. The fraction of sp³-hybridized carbons (Fsp3) is 0.571. The van der Waals surface area contributed by atoms with Crippen molar-refractivity contribution in [3.05, 3.63) is 29.8 Å². The van der Waals surface area contributed by atoms with E-state index in [1.54, 1.807) is 9.24 Å². The molecule has 1 aromatic carbocycles. The average molecular weight is 528 g/mol. The molecular weight excluding hydrogens is 522 g/mol. The van der Waals surface area contributed by atoms with Crippen LogP contribution in [0, 0.1) is 0 Å². The van der Waals surface area contributed by atoms with Crippen LogP contribution in [-0.2, 0) is 5.92 Å². The molecule has 18 heteroatoms. The summed E-state index contributed by atoms with van der Waals surface area (Å²) in [6.45, 7) is 0. The molecule has 0 aliphatic heterocycles. The number of rotatable bonds is 7. The number of benzene rings is 1. The van der Waals surface area contributed by atoms with Crippen LogP contribution in [0.4, 0.5) is 74.6 Å². The van der Waals surface area contributed by atoms with E-state index in [2.05, 4.69) is 0 Å². The number of alkyl halides is 17. The van der Waals surface area contributed by atoms with E-state index >= 15 is 0 Å². The summed E-state index contributed by atoms with van der Waals surface area (Å²) in [5.74, 6) is -56.4. The zero-order valence-corrected chi connectivity index (χ0v) is 15.5. The molecule has 0 heterocycles. The first-order chi connectivity index (χ1) is 13.7. The van der Waals surface area contributed by atoms with E-state index in [4.69, 9.17) is 0 Å². The fourth-order valence-electron chi connectivity index (χ4n) is 2.04. The molecule has 1 atom stereocenters. The van der Waals surface area contributed by atoms with Crippen molar-refractivity contribution in [3.8, 4) is 0 Å². The first kappa shape index (κ1) is 28.5. The van der Waals surface area contributed by atoms with Crippen LogP contribution in [0.5, 0.6) is 0 Å². The lowest BCUT2D eigenvalue weighted by Gasteiger charge is -2.42. The van der Waals surface area contributed by atoms with Crippen LogP contribution in [0.3, 0.4) is 0 Å². The van der Waals surface area contributed by atoms with Gasteiger partial charge in [0.05, 0.1) is 0 Å². The molecular formula is C14H6F17P. The van der Waals surface area contributed by atoms with E-state index in [0.29, 0.717) is 12.1 Å². The lowest BCUT2D eigenvalue weighted by atomic mass is 9.87. The van der Waals surface area contributed by atoms with Crippen molar-refractivity contribution in [2.75, 3.05) is 0 Å². The fourth-order valence-corrected chi connectivity index (χ4v) is 2.23. The Bertz CT molecular complexity index is 821. The first-order valence-corrected chi connectivity index (χ1v) is 7.90. The first-order valence-electron chi connectivity index (χ1n) is 7.32. The van der Waals surface area contributed by atoms with Gasteiger partial charge in [-0.15, -0.1) is 9.24 Å². The second kappa shape index (κ2) is 7.49. The van der Waals surface area contributed by atoms with Gasteiger partial charge in [-0.25, -0.2) is 0 Å². The van der Waals surface area contributed by atoms with Crippen LogP contribution in [-0.4, -0.2) is 41.7 Å². The Balaban J connectivity index is 3.70. The maximum Gasteiger partial charge on any atom is 0.460 e. The quantitative estimate of drug-likeness (QED) is 0.275. The number of hydrogen-bond donors (Lipinski definition) is 0. The molecule has 0 aromatic heterocycles. The maximum absolute atomic E-state index is 13.9. The third-order valence-corrected chi connectivity index (χ3v) is 4.38. The smallest absolute Gasteiger partial charge is 0.194 e. The van der Waals surface area contributed by atoms with Gasteiger partial charge in [0, 0.05) is 5.56 Å². The second-order valence-corrected chi connectivity index (χ2v) is 6.81. The molecule has 0 saturated heterocycles. The molecule has 0 radical (unpaired) electrons. The Labute approximate surface area is 167 Å². The van der Waals surface area contributed by atoms with Crippen molar-refractivity contribution in [2.45, 2.75) is 47.6 Å². The Hall–Kier alpha value is -1.54. The van der Waals surface area contributed by atoms with E-state index in [9.17, 15) is 74.6 Å². The topological polar surface area (TPSA) is 0 Å². The van der Waals surface area contributed by atoms with E-state index in [0.717, 1.165) is 0 Å². The van der Waals surface area contributed by atoms with Gasteiger partial charge in [0.15, 0.2) is 0 Å². The third-order valence-electron chi connectivity index (χ3n) is 4.00. The SMILES string of the molecule is FC(F)(F)C(F)(F)C(F)(F)C(F)(F)C(F)(F)C(F)(F)C(F)(F)C(F)(F)c1ccc(P)cc1. The zero-order chi connectivity index (χ0) is 26.0. The minimum atomic E-state index is -8.62. The summed E-state index contributed by atoms with van der Waals surface area (Å²) < 4.78 is 224. The van der Waals surface area contributed by atoms with Gasteiger partial charge in [0.1, 0.15) is 0 Å². The van der Waals surface area contributed by atoms with Gasteiger partial charge in [0.25, 0.3) is 0 Å². The van der Waals surface area contributed by atoms with Crippen LogP contribution in [0.2, 0.25) is 0 Å². The van der Waals surface area contributed by atoms with Crippen molar-refractivity contribution in [1.29, 1.82) is 0 Å². The Morgan fingerprint density at radius 3 is 1.00 bits per heavy atom. The predicted molar refractivity (Wildman–Crippen MR) is 75.4 cm³/mol. The molecule has 186 valence electrons. The van der Waals surface area contributed by atoms with Crippen LogP contribution in [0.25, 0.3) is 0 Å². The molecule has 0 amide bonds. The van der Waals surface area contributed by atoms with Crippen LogP contribution in [0.15, 0.2) is 24.3 Å². The normalized spacial score (nSPS) is 15.8. The molecule has 0 aliphatic carbocycles. The molecule has 0 saturated carbocycles. The number of halogens is 17. The van der Waals surface area contributed by atoms with E-state index in [1.165, 1.54) is 0 Å². The standard InChI is InChI=1S/C14H6F17P/c15-7(16,5-1-3-6(32)4-2-5)8(17,18)9(19,20)10(21,22)11(23,24)12(25,26)13(27,28)14(29,30)31/h1-4H,32H2. The molecule has 32 heavy (non-hydrogen) atoms. The van der Waals surface area contributed by atoms with Crippen molar-refractivity contribution in [1.82, 2.24) is 0 Å². The van der Waals surface area contributed by atoms with Crippen LogP contribution >= 0.6 is 9.24 Å². The molecule has 0 bridgehead atoms. The van der Waals surface area contributed by atoms with E-state index < -0.39 is 53.2 Å². The molecule has 1 unspecified atom stereocenters. The predicted octanol–water partition coefficient (Wildman–Crippen LogP) is 6.65. The molecule has 0 nitrogen and oxygen atoms in total. The van der Waals surface area contributed by atoms with Crippen molar-refractivity contribution >= 4 is 14.5 Å². The van der Waals surface area contributed by atoms with E-state index in [-0.39, 0.29) is 17.4 Å². The Kier molecular flexibility index (Phi) is 6.67. The summed E-state index contributed by atoms with van der Waals surface area (Å²) in [6.07, 6.45) is -7.77. The lowest BCUT2D eigenvalue weighted by Crippen LogP contribution is -2.74. The van der Waals surface area contributed by atoms with Crippen LogP contribution < -0.4 is 5.30 Å². The van der Waals surface area contributed by atoms with Gasteiger partial charge in [-0.1, -0.05) is 24.3 Å². The second-order valence-electron chi connectivity index (χ2n) is 6.14. The lowest BCUT2D eigenvalue weighted by molar-refractivity contribution is -0.462. The molecule has 0 fully saturated rings. The largest absolute Gasteiger partial charge is 0.460 e. The summed E-state index contributed by atoms with van der Waals surface area (Å²) in [5, 5.41) is -0.0782. The van der Waals surface area contributed by atoms with Gasteiger partial charge < -0.3 is 0 Å². The summed E-state index contributed by atoms with van der Waals surface area (Å²) in [4.78, 5) is 0. The summed E-state index contributed by atoms with van der Waals surface area (Å²) in [5.41, 5.74) is -2.24. The van der Waals surface area contributed by atoms with Crippen LogP contribution in [0.1, 0.15) is 5.56 Å². The van der Waals surface area contributed by atoms with Gasteiger partial charge in [-0.2, -0.15) is 74.6 Å². The minimum Gasteiger partial charge on any atom is -0.194 e. The zero-order valence-electron chi connectivity index (χ0n) is 14.3. The van der Waals surface area contributed by atoms with Gasteiger partial charge in [-0.05, 0) is 5.30 Å². The van der Waals surface area contributed by atoms with Gasteiger partial charge >= 0.3 is 47.6 Å². The van der Waals surface area contributed by atoms with Crippen molar-refractivity contribution in [3.63, 3.8) is 0 Å². The molecule has 1 rings (SSSR count). The van der Waals surface area contributed by atoms with Gasteiger partial charge in [-0.3, -0.25) is 0 Å². The minimum absolute atomic E-state index is 0.0782. The molecule has 0 N–H and O–H groups in total. The van der Waals surface area contributed by atoms with Crippen molar-refractivity contribution < 1.29 is 74.6 Å². The Morgan fingerprint density at radius 1 is 0.406 bits per heavy atom. The summed E-state index contributed by atoms with van der Waals surface area (Å²) in [7, 11) is 1.77. The van der Waals surface area contributed by atoms with Crippen molar-refractivity contribution in [2.24, 2.45) is 0 Å². The van der Waals surface area contributed by atoms with E-state index in [1.807, 2.05) is 0 Å². The molecule has 0 aliphatic rings. The molecule has 0 spiro atoms. The van der Waals surface area contributed by atoms with Gasteiger partial charge in [0.2, 0.25) is 0 Å². The average Bonchev–Trinajstić information content (AvgIpc) is 2.60. The third kappa shape index (κ3) is 3.58. The maximum atomic E-state index is 13.9. The highest BCUT2D eigenvalue weighted by Gasteiger charge is 2.95. The monoisotopic (exact) mass is 528 g/mol.